The molecule has 1 amide bonds. The van der Waals surface area contributed by atoms with Gasteiger partial charge in [0.15, 0.2) is 0 Å². The number of methoxy groups -OCH3 is 1. The highest BCUT2D eigenvalue weighted by molar-refractivity contribution is 5.92. The van der Waals surface area contributed by atoms with Gasteiger partial charge in [0.2, 0.25) is 11.9 Å². The Hall–Kier alpha value is -4.39. The molecule has 0 aliphatic rings. The van der Waals surface area contributed by atoms with Gasteiger partial charge in [-0.2, -0.15) is 4.98 Å². The molecule has 1 aromatic heterocycles. The van der Waals surface area contributed by atoms with E-state index in [4.69, 9.17) is 4.74 Å². The second kappa shape index (κ2) is 10.5. The third-order valence-corrected chi connectivity index (χ3v) is 5.15. The molecule has 0 spiro atoms. The van der Waals surface area contributed by atoms with Crippen LogP contribution in [0.4, 0.5) is 28.8 Å². The first-order valence-corrected chi connectivity index (χ1v) is 11.0. The van der Waals surface area contributed by atoms with Gasteiger partial charge in [-0.15, -0.1) is 0 Å². The monoisotopic (exact) mass is 453 g/mol. The molecule has 7 heteroatoms. The summed E-state index contributed by atoms with van der Waals surface area (Å²) in [5.74, 6) is 1.79. The number of ether oxygens (including phenoxy) is 1. The largest absolute Gasteiger partial charge is 0.496 e. The van der Waals surface area contributed by atoms with Crippen LogP contribution in [0.5, 0.6) is 5.75 Å². The highest BCUT2D eigenvalue weighted by Crippen LogP contribution is 2.22. The maximum Gasteiger partial charge on any atom is 0.229 e. The van der Waals surface area contributed by atoms with E-state index < -0.39 is 0 Å². The van der Waals surface area contributed by atoms with Crippen molar-refractivity contribution < 1.29 is 9.53 Å². The summed E-state index contributed by atoms with van der Waals surface area (Å²) >= 11 is 0. The van der Waals surface area contributed by atoms with Gasteiger partial charge in [0.25, 0.3) is 0 Å². The average molecular weight is 454 g/mol. The molecular weight excluding hydrogens is 426 g/mol. The lowest BCUT2D eigenvalue weighted by Gasteiger charge is -2.11. The van der Waals surface area contributed by atoms with Crippen molar-refractivity contribution in [3.63, 3.8) is 0 Å². The van der Waals surface area contributed by atoms with Crippen LogP contribution >= 0.6 is 0 Å². The van der Waals surface area contributed by atoms with Crippen molar-refractivity contribution in [1.82, 2.24) is 9.97 Å². The molecule has 34 heavy (non-hydrogen) atoms. The van der Waals surface area contributed by atoms with Gasteiger partial charge < -0.3 is 20.7 Å². The van der Waals surface area contributed by atoms with Crippen molar-refractivity contribution in [2.45, 2.75) is 20.3 Å². The van der Waals surface area contributed by atoms with Crippen LogP contribution in [0.25, 0.3) is 0 Å². The molecule has 4 rings (SSSR count). The Morgan fingerprint density at radius 2 is 1.47 bits per heavy atom. The summed E-state index contributed by atoms with van der Waals surface area (Å²) in [6.45, 7) is 3.97. The molecule has 0 unspecified atom stereocenters. The summed E-state index contributed by atoms with van der Waals surface area (Å²) in [4.78, 5) is 21.5. The number of nitrogens with one attached hydrogen (secondary N) is 3. The molecule has 7 nitrogen and oxygen atoms in total. The second-order valence-corrected chi connectivity index (χ2v) is 7.95. The number of hydrogen-bond donors (Lipinski definition) is 3. The molecule has 0 aliphatic heterocycles. The minimum atomic E-state index is -0.108. The standard InChI is InChI=1S/C27H27N5O2/c1-18-8-10-23(11-9-18)31-27-28-19(2)16-25(32-27)29-21-12-14-22(15-13-21)30-26(33)17-20-6-4-5-7-24(20)34-3/h4-16H,17H2,1-3H3,(H,30,33)(H2,28,29,31,32). The van der Waals surface area contributed by atoms with Crippen molar-refractivity contribution >= 4 is 34.7 Å². The van der Waals surface area contributed by atoms with E-state index in [1.807, 2.05) is 92.7 Å². The van der Waals surface area contributed by atoms with E-state index in [0.29, 0.717) is 23.2 Å². The zero-order chi connectivity index (χ0) is 23.9. The van der Waals surface area contributed by atoms with Crippen LogP contribution in [0, 0.1) is 13.8 Å². The molecule has 0 aliphatic carbocycles. The van der Waals surface area contributed by atoms with E-state index in [2.05, 4.69) is 25.9 Å². The number of aromatic nitrogens is 2. The number of para-hydroxylation sites is 1. The number of anilines is 5. The van der Waals surface area contributed by atoms with Crippen molar-refractivity contribution in [2.75, 3.05) is 23.1 Å². The molecule has 3 N–H and O–H groups in total. The maximum absolute atomic E-state index is 12.5. The number of aryl methyl sites for hydroxylation is 2. The van der Waals surface area contributed by atoms with E-state index in [1.54, 1.807) is 7.11 Å². The van der Waals surface area contributed by atoms with Crippen LogP contribution < -0.4 is 20.7 Å². The SMILES string of the molecule is COc1ccccc1CC(=O)Nc1ccc(Nc2cc(C)nc(Nc3ccc(C)cc3)n2)cc1. The first-order chi connectivity index (χ1) is 16.5. The van der Waals surface area contributed by atoms with Gasteiger partial charge in [0, 0.05) is 34.4 Å². The maximum atomic E-state index is 12.5. The smallest absolute Gasteiger partial charge is 0.229 e. The normalized spacial score (nSPS) is 10.4. The third kappa shape index (κ3) is 6.10. The number of rotatable bonds is 8. The molecule has 4 aromatic rings. The highest BCUT2D eigenvalue weighted by Gasteiger charge is 2.09. The Bertz CT molecular complexity index is 1270. The zero-order valence-electron chi connectivity index (χ0n) is 19.4. The van der Waals surface area contributed by atoms with E-state index in [0.717, 1.165) is 22.6 Å². The van der Waals surface area contributed by atoms with Gasteiger partial charge in [0.05, 0.1) is 13.5 Å². The minimum Gasteiger partial charge on any atom is -0.496 e. The number of nitrogens with zero attached hydrogens (tertiary/aromatic N) is 2. The molecule has 0 bridgehead atoms. The molecule has 1 heterocycles. The fourth-order valence-electron chi connectivity index (χ4n) is 3.47. The summed E-state index contributed by atoms with van der Waals surface area (Å²) in [6.07, 6.45) is 0.237. The first kappa shape index (κ1) is 22.8. The van der Waals surface area contributed by atoms with E-state index >= 15 is 0 Å². The van der Waals surface area contributed by atoms with E-state index in [-0.39, 0.29) is 12.3 Å². The van der Waals surface area contributed by atoms with Crippen molar-refractivity contribution in [3.05, 3.63) is 95.7 Å². The topological polar surface area (TPSA) is 88.2 Å². The van der Waals surface area contributed by atoms with Crippen molar-refractivity contribution in [2.24, 2.45) is 0 Å². The van der Waals surface area contributed by atoms with Crippen LogP contribution in [0.15, 0.2) is 78.9 Å². The van der Waals surface area contributed by atoms with Crippen LogP contribution in [0.1, 0.15) is 16.8 Å². The molecule has 0 atom stereocenters. The quantitative estimate of drug-likeness (QED) is 0.314. The summed E-state index contributed by atoms with van der Waals surface area (Å²) in [6, 6.07) is 24.9. The fraction of sp³-hybridized carbons (Fsp3) is 0.148. The van der Waals surface area contributed by atoms with Gasteiger partial charge >= 0.3 is 0 Å². The van der Waals surface area contributed by atoms with E-state index in [1.165, 1.54) is 5.56 Å². The van der Waals surface area contributed by atoms with Crippen LogP contribution in [0.3, 0.4) is 0 Å². The van der Waals surface area contributed by atoms with Crippen molar-refractivity contribution in [1.29, 1.82) is 0 Å². The molecule has 3 aromatic carbocycles. The highest BCUT2D eigenvalue weighted by atomic mass is 16.5. The molecular formula is C27H27N5O2. The summed E-state index contributed by atoms with van der Waals surface area (Å²) in [5.41, 5.74) is 5.36. The van der Waals surface area contributed by atoms with Gasteiger partial charge in [-0.05, 0) is 56.3 Å². The zero-order valence-corrected chi connectivity index (χ0v) is 19.4. The lowest BCUT2D eigenvalue weighted by Crippen LogP contribution is -2.14. The predicted molar refractivity (Wildman–Crippen MR) is 136 cm³/mol. The number of carbonyl (C=O) groups is 1. The van der Waals surface area contributed by atoms with Gasteiger partial charge in [0.1, 0.15) is 11.6 Å². The predicted octanol–water partition coefficient (Wildman–Crippen LogP) is 5.77. The molecule has 0 radical (unpaired) electrons. The van der Waals surface area contributed by atoms with Crippen molar-refractivity contribution in [3.8, 4) is 5.75 Å². The molecule has 0 fully saturated rings. The molecule has 172 valence electrons. The second-order valence-electron chi connectivity index (χ2n) is 7.95. The minimum absolute atomic E-state index is 0.108. The number of hydrogen-bond acceptors (Lipinski definition) is 6. The van der Waals surface area contributed by atoms with Gasteiger partial charge in [-0.1, -0.05) is 35.9 Å². The lowest BCUT2D eigenvalue weighted by molar-refractivity contribution is -0.115. The Morgan fingerprint density at radius 1 is 0.824 bits per heavy atom. The van der Waals surface area contributed by atoms with Gasteiger partial charge in [-0.3, -0.25) is 4.79 Å². The number of benzene rings is 3. The fourth-order valence-corrected chi connectivity index (χ4v) is 3.47. The summed E-state index contributed by atoms with van der Waals surface area (Å²) in [5, 5.41) is 9.46. The average Bonchev–Trinajstić information content (AvgIpc) is 2.82. The number of carbonyl (C=O) groups excluding carboxylic acids is 1. The Kier molecular flexibility index (Phi) is 7.03. The van der Waals surface area contributed by atoms with Crippen LogP contribution in [-0.4, -0.2) is 23.0 Å². The van der Waals surface area contributed by atoms with Gasteiger partial charge in [-0.25, -0.2) is 4.98 Å². The molecule has 0 saturated heterocycles. The Labute approximate surface area is 199 Å². The lowest BCUT2D eigenvalue weighted by atomic mass is 10.1. The number of amides is 1. The molecule has 0 saturated carbocycles. The van der Waals surface area contributed by atoms with Crippen LogP contribution in [0.2, 0.25) is 0 Å². The Morgan fingerprint density at radius 3 is 2.21 bits per heavy atom. The summed E-state index contributed by atoms with van der Waals surface area (Å²) < 4.78 is 5.32. The van der Waals surface area contributed by atoms with Crippen LogP contribution in [-0.2, 0) is 11.2 Å². The third-order valence-electron chi connectivity index (χ3n) is 5.15. The summed E-state index contributed by atoms with van der Waals surface area (Å²) in [7, 11) is 1.60. The first-order valence-electron chi connectivity index (χ1n) is 11.0. The Balaban J connectivity index is 1.39. The van der Waals surface area contributed by atoms with E-state index in [9.17, 15) is 4.79 Å².